The standard InChI is InChI=1S/C18H20FNO2S/c1-13(2)12-20(23-17-9-7-15(19)8-10-17)16-6-4-5-14(11-16)18(21)22-3/h4-11,13H,12H2,1-3H3. The van der Waals surface area contributed by atoms with Gasteiger partial charge in [0.15, 0.2) is 0 Å². The maximum Gasteiger partial charge on any atom is 0.337 e. The van der Waals surface area contributed by atoms with Crippen molar-refractivity contribution < 1.29 is 13.9 Å². The number of hydrogen-bond donors (Lipinski definition) is 0. The van der Waals surface area contributed by atoms with Gasteiger partial charge in [0.25, 0.3) is 0 Å². The van der Waals surface area contributed by atoms with Crippen LogP contribution in [0.5, 0.6) is 0 Å². The van der Waals surface area contributed by atoms with Crippen molar-refractivity contribution >= 4 is 23.6 Å². The first kappa shape index (κ1) is 17.3. The number of halogens is 1. The van der Waals surface area contributed by atoms with E-state index in [0.717, 1.165) is 17.1 Å². The minimum Gasteiger partial charge on any atom is -0.465 e. The van der Waals surface area contributed by atoms with Gasteiger partial charge >= 0.3 is 5.97 Å². The number of carbonyl (C=O) groups is 1. The molecule has 0 saturated carbocycles. The third-order valence-electron chi connectivity index (χ3n) is 3.12. The Morgan fingerprint density at radius 3 is 2.52 bits per heavy atom. The van der Waals surface area contributed by atoms with Crippen molar-refractivity contribution in [1.29, 1.82) is 0 Å². The molecule has 0 spiro atoms. The van der Waals surface area contributed by atoms with Crippen LogP contribution in [0, 0.1) is 11.7 Å². The van der Waals surface area contributed by atoms with E-state index in [-0.39, 0.29) is 11.8 Å². The maximum atomic E-state index is 13.1. The van der Waals surface area contributed by atoms with Crippen LogP contribution in [0.1, 0.15) is 24.2 Å². The van der Waals surface area contributed by atoms with E-state index in [1.54, 1.807) is 18.2 Å². The van der Waals surface area contributed by atoms with Gasteiger partial charge in [-0.2, -0.15) is 0 Å². The summed E-state index contributed by atoms with van der Waals surface area (Å²) >= 11 is 1.52. The van der Waals surface area contributed by atoms with Gasteiger partial charge in [-0.05, 0) is 60.3 Å². The Hall–Kier alpha value is -2.01. The number of nitrogens with zero attached hydrogens (tertiary/aromatic N) is 1. The molecular weight excluding hydrogens is 313 g/mol. The van der Waals surface area contributed by atoms with Crippen LogP contribution < -0.4 is 4.31 Å². The van der Waals surface area contributed by atoms with Crippen molar-refractivity contribution in [3.05, 3.63) is 59.9 Å². The normalized spacial score (nSPS) is 10.7. The highest BCUT2D eigenvalue weighted by molar-refractivity contribution is 8.00. The van der Waals surface area contributed by atoms with Crippen LogP contribution in [0.4, 0.5) is 10.1 Å². The number of ether oxygens (including phenoxy) is 1. The molecule has 3 nitrogen and oxygen atoms in total. The van der Waals surface area contributed by atoms with E-state index in [1.807, 2.05) is 18.2 Å². The number of rotatable bonds is 6. The fourth-order valence-electron chi connectivity index (χ4n) is 2.06. The Labute approximate surface area is 140 Å². The molecular formula is C18H20FNO2S. The van der Waals surface area contributed by atoms with Gasteiger partial charge in [-0.25, -0.2) is 9.18 Å². The predicted octanol–water partition coefficient (Wildman–Crippen LogP) is 4.78. The summed E-state index contributed by atoms with van der Waals surface area (Å²) in [6, 6.07) is 13.7. The number of methoxy groups -OCH3 is 1. The zero-order valence-electron chi connectivity index (χ0n) is 13.5. The molecule has 0 heterocycles. The first-order valence-electron chi connectivity index (χ1n) is 7.39. The molecule has 2 rings (SSSR count). The van der Waals surface area contributed by atoms with Gasteiger partial charge in [-0.1, -0.05) is 19.9 Å². The van der Waals surface area contributed by atoms with Crippen LogP contribution in [-0.2, 0) is 4.74 Å². The van der Waals surface area contributed by atoms with Crippen molar-refractivity contribution in [2.24, 2.45) is 5.92 Å². The van der Waals surface area contributed by atoms with E-state index in [1.165, 1.54) is 31.2 Å². The van der Waals surface area contributed by atoms with E-state index < -0.39 is 0 Å². The van der Waals surface area contributed by atoms with Gasteiger partial charge in [0, 0.05) is 17.1 Å². The Bertz CT molecular complexity index is 658. The van der Waals surface area contributed by atoms with E-state index in [4.69, 9.17) is 4.74 Å². The van der Waals surface area contributed by atoms with Crippen molar-refractivity contribution in [2.75, 3.05) is 18.0 Å². The van der Waals surface area contributed by atoms with Crippen LogP contribution in [0.3, 0.4) is 0 Å². The summed E-state index contributed by atoms with van der Waals surface area (Å²) in [4.78, 5) is 12.7. The second-order valence-corrected chi connectivity index (χ2v) is 6.64. The monoisotopic (exact) mass is 333 g/mol. The molecule has 2 aromatic carbocycles. The second kappa shape index (κ2) is 8.02. The van der Waals surface area contributed by atoms with E-state index in [0.29, 0.717) is 11.5 Å². The molecule has 0 aromatic heterocycles. The molecule has 0 aliphatic carbocycles. The van der Waals surface area contributed by atoms with E-state index in [2.05, 4.69) is 18.2 Å². The van der Waals surface area contributed by atoms with Gasteiger partial charge in [-0.3, -0.25) is 0 Å². The van der Waals surface area contributed by atoms with E-state index in [9.17, 15) is 9.18 Å². The van der Waals surface area contributed by atoms with Crippen molar-refractivity contribution in [1.82, 2.24) is 0 Å². The van der Waals surface area contributed by atoms with Gasteiger partial charge in [-0.15, -0.1) is 0 Å². The molecule has 0 radical (unpaired) electrons. The summed E-state index contributed by atoms with van der Waals surface area (Å²) in [5, 5.41) is 0. The largest absolute Gasteiger partial charge is 0.465 e. The molecule has 0 amide bonds. The second-order valence-electron chi connectivity index (χ2n) is 5.54. The average molecular weight is 333 g/mol. The Morgan fingerprint density at radius 2 is 1.91 bits per heavy atom. The van der Waals surface area contributed by atoms with Crippen molar-refractivity contribution in [3.8, 4) is 0 Å². The number of anilines is 1. The fourth-order valence-corrected chi connectivity index (χ4v) is 3.16. The van der Waals surface area contributed by atoms with Gasteiger partial charge < -0.3 is 9.04 Å². The van der Waals surface area contributed by atoms with Crippen molar-refractivity contribution in [3.63, 3.8) is 0 Å². The van der Waals surface area contributed by atoms with Crippen LogP contribution in [-0.4, -0.2) is 19.6 Å². The molecule has 2 aromatic rings. The first-order chi connectivity index (χ1) is 11.0. The van der Waals surface area contributed by atoms with Crippen LogP contribution >= 0.6 is 11.9 Å². The lowest BCUT2D eigenvalue weighted by Crippen LogP contribution is -2.20. The highest BCUT2D eigenvalue weighted by Gasteiger charge is 2.13. The third kappa shape index (κ3) is 4.99. The molecule has 0 bridgehead atoms. The highest BCUT2D eigenvalue weighted by Crippen LogP contribution is 2.30. The summed E-state index contributed by atoms with van der Waals surface area (Å²) in [7, 11) is 1.37. The van der Waals surface area contributed by atoms with E-state index >= 15 is 0 Å². The minimum absolute atomic E-state index is 0.252. The summed E-state index contributed by atoms with van der Waals surface area (Å²) in [6.45, 7) is 5.05. The predicted molar refractivity (Wildman–Crippen MR) is 92.2 cm³/mol. The molecule has 0 unspecified atom stereocenters. The lowest BCUT2D eigenvalue weighted by Gasteiger charge is -2.25. The highest BCUT2D eigenvalue weighted by atomic mass is 32.2. The molecule has 0 atom stereocenters. The number of hydrogen-bond acceptors (Lipinski definition) is 4. The quantitative estimate of drug-likeness (QED) is 0.562. The number of benzene rings is 2. The average Bonchev–Trinajstić information content (AvgIpc) is 2.55. The van der Waals surface area contributed by atoms with Gasteiger partial charge in [0.2, 0.25) is 0 Å². The Morgan fingerprint density at radius 1 is 1.22 bits per heavy atom. The minimum atomic E-state index is -0.358. The van der Waals surface area contributed by atoms with Crippen molar-refractivity contribution in [2.45, 2.75) is 18.7 Å². The van der Waals surface area contributed by atoms with Crippen LogP contribution in [0.15, 0.2) is 53.4 Å². The Balaban J connectivity index is 2.27. The molecule has 0 fully saturated rings. The summed E-state index contributed by atoms with van der Waals surface area (Å²) in [5.41, 5.74) is 1.43. The molecule has 23 heavy (non-hydrogen) atoms. The van der Waals surface area contributed by atoms with Gasteiger partial charge in [0.05, 0.1) is 12.7 Å². The molecule has 0 N–H and O–H groups in total. The fraction of sp³-hybridized carbons (Fsp3) is 0.278. The van der Waals surface area contributed by atoms with Crippen LogP contribution in [0.2, 0.25) is 0 Å². The summed E-state index contributed by atoms with van der Waals surface area (Å²) in [5.74, 6) is -0.176. The smallest absolute Gasteiger partial charge is 0.337 e. The molecule has 5 heteroatoms. The third-order valence-corrected chi connectivity index (χ3v) is 4.18. The Kier molecular flexibility index (Phi) is 6.04. The lowest BCUT2D eigenvalue weighted by atomic mass is 10.2. The lowest BCUT2D eigenvalue weighted by molar-refractivity contribution is 0.0601. The van der Waals surface area contributed by atoms with Crippen LogP contribution in [0.25, 0.3) is 0 Å². The molecule has 122 valence electrons. The zero-order valence-corrected chi connectivity index (χ0v) is 14.3. The molecule has 0 saturated heterocycles. The molecule has 0 aliphatic heterocycles. The number of carbonyl (C=O) groups excluding carboxylic acids is 1. The maximum absolute atomic E-state index is 13.1. The van der Waals surface area contributed by atoms with Gasteiger partial charge in [0.1, 0.15) is 5.82 Å². The number of esters is 1. The zero-order chi connectivity index (χ0) is 16.8. The molecule has 0 aliphatic rings. The first-order valence-corrected chi connectivity index (χ1v) is 8.16. The summed E-state index contributed by atoms with van der Waals surface area (Å²) in [6.07, 6.45) is 0. The SMILES string of the molecule is COC(=O)c1cccc(N(CC(C)C)Sc2ccc(F)cc2)c1. The summed E-state index contributed by atoms with van der Waals surface area (Å²) < 4.78 is 19.9. The topological polar surface area (TPSA) is 29.5 Å².